The maximum Gasteiger partial charge on any atom is 0.410 e. The normalized spacial score (nSPS) is 18.4. The highest BCUT2D eigenvalue weighted by Crippen LogP contribution is 2.32. The van der Waals surface area contributed by atoms with Gasteiger partial charge in [-0.2, -0.15) is 4.39 Å². The van der Waals surface area contributed by atoms with Crippen molar-refractivity contribution in [3.05, 3.63) is 29.8 Å². The SMILES string of the molecule is CC(C)(C)OC(=O)N1CCC(O)(c2ccc(F)nc2)CC1. The third-order valence-corrected chi connectivity index (χ3v) is 3.51. The molecule has 0 radical (unpaired) electrons. The summed E-state index contributed by atoms with van der Waals surface area (Å²) in [5.41, 5.74) is -1.03. The fraction of sp³-hybridized carbons (Fsp3) is 0.600. The molecule has 1 fully saturated rings. The van der Waals surface area contributed by atoms with E-state index in [1.807, 2.05) is 20.8 Å². The Morgan fingerprint density at radius 3 is 2.48 bits per heavy atom. The first-order valence-corrected chi connectivity index (χ1v) is 7.02. The van der Waals surface area contributed by atoms with Crippen molar-refractivity contribution in [2.45, 2.75) is 44.8 Å². The van der Waals surface area contributed by atoms with Crippen molar-refractivity contribution in [3.63, 3.8) is 0 Å². The Morgan fingerprint density at radius 2 is 2.00 bits per heavy atom. The fourth-order valence-corrected chi connectivity index (χ4v) is 2.33. The molecular formula is C15H21FN2O3. The molecular weight excluding hydrogens is 275 g/mol. The van der Waals surface area contributed by atoms with Gasteiger partial charge in [-0.25, -0.2) is 9.78 Å². The van der Waals surface area contributed by atoms with Gasteiger partial charge < -0.3 is 14.7 Å². The highest BCUT2D eigenvalue weighted by atomic mass is 19.1. The summed E-state index contributed by atoms with van der Waals surface area (Å²) in [4.78, 5) is 17.1. The largest absolute Gasteiger partial charge is 0.444 e. The number of piperidine rings is 1. The molecule has 5 nitrogen and oxygen atoms in total. The van der Waals surface area contributed by atoms with Gasteiger partial charge in [0.05, 0.1) is 5.60 Å². The minimum absolute atomic E-state index is 0.373. The number of aliphatic hydroxyl groups is 1. The molecule has 0 aromatic carbocycles. The summed E-state index contributed by atoms with van der Waals surface area (Å²) in [6.07, 6.45) is 1.72. The molecule has 0 saturated carbocycles. The molecule has 116 valence electrons. The first-order chi connectivity index (χ1) is 9.70. The molecule has 0 aliphatic carbocycles. The number of amides is 1. The fourth-order valence-electron chi connectivity index (χ4n) is 2.33. The molecule has 1 saturated heterocycles. The summed E-state index contributed by atoms with van der Waals surface area (Å²) >= 11 is 0. The van der Waals surface area contributed by atoms with Crippen LogP contribution in [0.4, 0.5) is 9.18 Å². The molecule has 1 aliphatic rings. The van der Waals surface area contributed by atoms with Crippen LogP contribution in [-0.4, -0.2) is 39.8 Å². The van der Waals surface area contributed by atoms with E-state index in [2.05, 4.69) is 4.98 Å². The maximum atomic E-state index is 12.8. The monoisotopic (exact) mass is 296 g/mol. The summed E-state index contributed by atoms with van der Waals surface area (Å²) in [6, 6.07) is 2.76. The molecule has 0 spiro atoms. The molecule has 0 unspecified atom stereocenters. The van der Waals surface area contributed by atoms with Crippen LogP contribution in [0.2, 0.25) is 0 Å². The number of pyridine rings is 1. The van der Waals surface area contributed by atoms with Crippen LogP contribution in [0.1, 0.15) is 39.2 Å². The van der Waals surface area contributed by atoms with Crippen LogP contribution in [0.3, 0.4) is 0 Å². The molecule has 2 rings (SSSR count). The van der Waals surface area contributed by atoms with Crippen LogP contribution in [0.25, 0.3) is 0 Å². The molecule has 1 amide bonds. The first kappa shape index (κ1) is 15.7. The second-order valence-electron chi connectivity index (χ2n) is 6.37. The zero-order valence-electron chi connectivity index (χ0n) is 12.6. The Balaban J connectivity index is 1.99. The molecule has 6 heteroatoms. The summed E-state index contributed by atoms with van der Waals surface area (Å²) in [5.74, 6) is -0.575. The van der Waals surface area contributed by atoms with Crippen molar-refractivity contribution in [3.8, 4) is 0 Å². The van der Waals surface area contributed by atoms with Gasteiger partial charge in [-0.1, -0.05) is 6.07 Å². The van der Waals surface area contributed by atoms with Gasteiger partial charge in [-0.15, -0.1) is 0 Å². The molecule has 0 bridgehead atoms. The Labute approximate surface area is 123 Å². The molecule has 1 aromatic heterocycles. The summed E-state index contributed by atoms with van der Waals surface area (Å²) in [7, 11) is 0. The lowest BCUT2D eigenvalue weighted by molar-refractivity contribution is -0.0358. The van der Waals surface area contributed by atoms with E-state index >= 15 is 0 Å². The van der Waals surface area contributed by atoms with Crippen LogP contribution in [-0.2, 0) is 10.3 Å². The number of hydrogen-bond donors (Lipinski definition) is 1. The van der Waals surface area contributed by atoms with Crippen LogP contribution < -0.4 is 0 Å². The van der Waals surface area contributed by atoms with Crippen LogP contribution in [0, 0.1) is 5.95 Å². The Bertz CT molecular complexity index is 503. The Hall–Kier alpha value is -1.69. The Kier molecular flexibility index (Phi) is 4.18. The number of hydrogen-bond acceptors (Lipinski definition) is 4. The zero-order chi connectivity index (χ0) is 15.7. The second-order valence-corrected chi connectivity index (χ2v) is 6.37. The zero-order valence-corrected chi connectivity index (χ0v) is 12.6. The number of nitrogens with zero attached hydrogens (tertiary/aromatic N) is 2. The smallest absolute Gasteiger partial charge is 0.410 e. The molecule has 1 aromatic rings. The summed E-state index contributed by atoms with van der Waals surface area (Å²) < 4.78 is 18.2. The van der Waals surface area contributed by atoms with E-state index < -0.39 is 17.1 Å². The van der Waals surface area contributed by atoms with E-state index in [-0.39, 0.29) is 6.09 Å². The predicted octanol–water partition coefficient (Wildman–Crippen LogP) is 2.44. The highest BCUT2D eigenvalue weighted by Gasteiger charge is 2.36. The lowest BCUT2D eigenvalue weighted by atomic mass is 9.85. The van der Waals surface area contributed by atoms with E-state index in [0.717, 1.165) is 0 Å². The summed E-state index contributed by atoms with van der Waals surface area (Å²) in [5, 5.41) is 10.6. The average Bonchev–Trinajstić information content (AvgIpc) is 2.38. The average molecular weight is 296 g/mol. The van der Waals surface area contributed by atoms with Crippen molar-refractivity contribution in [2.75, 3.05) is 13.1 Å². The van der Waals surface area contributed by atoms with Crippen LogP contribution in [0.15, 0.2) is 18.3 Å². The van der Waals surface area contributed by atoms with Crippen molar-refractivity contribution in [1.29, 1.82) is 0 Å². The van der Waals surface area contributed by atoms with Gasteiger partial charge in [0.1, 0.15) is 5.60 Å². The number of likely N-dealkylation sites (tertiary alicyclic amines) is 1. The first-order valence-electron chi connectivity index (χ1n) is 7.02. The lowest BCUT2D eigenvalue weighted by Gasteiger charge is -2.38. The minimum atomic E-state index is -1.07. The van der Waals surface area contributed by atoms with Crippen molar-refractivity contribution < 1.29 is 19.0 Å². The van der Waals surface area contributed by atoms with E-state index in [0.29, 0.717) is 31.5 Å². The van der Waals surface area contributed by atoms with Gasteiger partial charge in [0, 0.05) is 24.8 Å². The van der Waals surface area contributed by atoms with Crippen LogP contribution in [0.5, 0.6) is 0 Å². The van der Waals surface area contributed by atoms with Gasteiger partial charge in [0.25, 0.3) is 0 Å². The second kappa shape index (κ2) is 5.60. The van der Waals surface area contributed by atoms with E-state index in [1.165, 1.54) is 18.3 Å². The van der Waals surface area contributed by atoms with Crippen molar-refractivity contribution >= 4 is 6.09 Å². The maximum absolute atomic E-state index is 12.8. The number of rotatable bonds is 1. The van der Waals surface area contributed by atoms with E-state index in [9.17, 15) is 14.3 Å². The Morgan fingerprint density at radius 1 is 1.38 bits per heavy atom. The van der Waals surface area contributed by atoms with Crippen molar-refractivity contribution in [2.24, 2.45) is 0 Å². The van der Waals surface area contributed by atoms with E-state index in [1.54, 1.807) is 4.90 Å². The van der Waals surface area contributed by atoms with E-state index in [4.69, 9.17) is 4.74 Å². The van der Waals surface area contributed by atoms with Gasteiger partial charge in [-0.05, 0) is 39.7 Å². The van der Waals surface area contributed by atoms with Gasteiger partial charge in [-0.3, -0.25) is 0 Å². The molecule has 1 aliphatic heterocycles. The molecule has 21 heavy (non-hydrogen) atoms. The predicted molar refractivity (Wildman–Crippen MR) is 75.1 cm³/mol. The van der Waals surface area contributed by atoms with Gasteiger partial charge in [0.15, 0.2) is 0 Å². The number of aromatic nitrogens is 1. The standard InChI is InChI=1S/C15H21FN2O3/c1-14(2,3)21-13(19)18-8-6-15(20,7-9-18)11-4-5-12(16)17-10-11/h4-5,10,20H,6-9H2,1-3H3. The third kappa shape index (κ3) is 3.91. The number of carbonyl (C=O) groups is 1. The highest BCUT2D eigenvalue weighted by molar-refractivity contribution is 5.68. The number of ether oxygens (including phenoxy) is 1. The van der Waals surface area contributed by atoms with Crippen molar-refractivity contribution in [1.82, 2.24) is 9.88 Å². The number of carbonyl (C=O) groups excluding carboxylic acids is 1. The molecule has 2 heterocycles. The summed E-state index contributed by atoms with van der Waals surface area (Å²) in [6.45, 7) is 6.23. The number of halogens is 1. The van der Waals surface area contributed by atoms with Gasteiger partial charge in [0.2, 0.25) is 5.95 Å². The van der Waals surface area contributed by atoms with Gasteiger partial charge >= 0.3 is 6.09 Å². The third-order valence-electron chi connectivity index (χ3n) is 3.51. The molecule has 0 atom stereocenters. The topological polar surface area (TPSA) is 62.7 Å². The minimum Gasteiger partial charge on any atom is -0.444 e. The quantitative estimate of drug-likeness (QED) is 0.809. The van der Waals surface area contributed by atoms with Crippen LogP contribution >= 0.6 is 0 Å². The lowest BCUT2D eigenvalue weighted by Crippen LogP contribution is -2.46. The molecule has 1 N–H and O–H groups in total.